The van der Waals surface area contributed by atoms with Crippen LogP contribution in [-0.2, 0) is 14.2 Å². The summed E-state index contributed by atoms with van der Waals surface area (Å²) in [5, 5.41) is 4.62. The average Bonchev–Trinajstić information content (AvgIpc) is 2.25. The van der Waals surface area contributed by atoms with Crippen LogP contribution in [-0.4, -0.2) is 40.0 Å². The Morgan fingerprint density at radius 1 is 1.21 bits per heavy atom. The summed E-state index contributed by atoms with van der Waals surface area (Å²) in [6, 6.07) is -0.856. The molecule has 0 aromatic heterocycles. The van der Waals surface area contributed by atoms with Gasteiger partial charge in [0.2, 0.25) is 11.8 Å². The molecular weight excluding hydrogens is 273 g/mol. The van der Waals surface area contributed by atoms with Gasteiger partial charge in [0.1, 0.15) is 11.8 Å². The molecule has 2 amide bonds. The number of amides is 2. The second-order valence-electron chi connectivity index (χ2n) is 4.73. The highest BCUT2D eigenvalue weighted by molar-refractivity contribution is 7.52. The lowest BCUT2D eigenvalue weighted by Gasteiger charge is -2.22. The predicted molar refractivity (Wildman–Crippen MR) is 70.1 cm³/mol. The van der Waals surface area contributed by atoms with Crippen molar-refractivity contribution in [1.82, 2.24) is 10.6 Å². The lowest BCUT2D eigenvalue weighted by Crippen LogP contribution is -2.50. The van der Waals surface area contributed by atoms with Gasteiger partial charge in [-0.05, 0) is 19.3 Å². The third-order valence-electron chi connectivity index (χ3n) is 2.40. The Morgan fingerprint density at radius 2 is 1.74 bits per heavy atom. The third-order valence-corrected chi connectivity index (χ3v) is 3.54. The molecule has 0 fully saturated rings. The minimum atomic E-state index is -4.40. The van der Waals surface area contributed by atoms with Crippen LogP contribution in [0.2, 0.25) is 0 Å². The van der Waals surface area contributed by atoms with E-state index in [9.17, 15) is 14.2 Å². The molecule has 9 heteroatoms. The first-order valence-electron chi connectivity index (χ1n) is 5.93. The maximum atomic E-state index is 11.9. The summed E-state index contributed by atoms with van der Waals surface area (Å²) in [4.78, 5) is 40.9. The maximum absolute atomic E-state index is 11.9. The summed E-state index contributed by atoms with van der Waals surface area (Å²) in [5.74, 6) is -2.31. The zero-order valence-electron chi connectivity index (χ0n) is 11.3. The van der Waals surface area contributed by atoms with E-state index in [4.69, 9.17) is 15.5 Å². The van der Waals surface area contributed by atoms with Crippen LogP contribution in [0.1, 0.15) is 27.2 Å². The van der Waals surface area contributed by atoms with Gasteiger partial charge in [-0.2, -0.15) is 0 Å². The zero-order valence-corrected chi connectivity index (χ0v) is 12.2. The molecule has 0 aliphatic heterocycles. The highest BCUT2D eigenvalue weighted by Crippen LogP contribution is 2.39. The van der Waals surface area contributed by atoms with Gasteiger partial charge >= 0.3 is 7.60 Å². The second-order valence-corrected chi connectivity index (χ2v) is 6.68. The van der Waals surface area contributed by atoms with Crippen molar-refractivity contribution in [3.8, 4) is 0 Å². The highest BCUT2D eigenvalue weighted by atomic mass is 31.2. The van der Waals surface area contributed by atoms with Gasteiger partial charge in [-0.25, -0.2) is 0 Å². The minimum Gasteiger partial charge on any atom is -0.343 e. The number of carbonyl (C=O) groups is 2. The fourth-order valence-corrected chi connectivity index (χ4v) is 1.64. The van der Waals surface area contributed by atoms with Crippen LogP contribution in [0.25, 0.3) is 0 Å². The lowest BCUT2D eigenvalue weighted by atomic mass is 10.0. The Bertz CT molecular complexity index is 368. The first-order valence-corrected chi connectivity index (χ1v) is 7.61. The Hall–Kier alpha value is -0.950. The molecule has 0 rings (SSSR count). The number of hydrogen-bond acceptors (Lipinski definition) is 4. The largest absolute Gasteiger partial charge is 0.347 e. The SMILES string of the molecule is CC(C)C[C@@H](NC(=O)CN)C(=O)N[C@@H](C)P(=O)(O)O. The van der Waals surface area contributed by atoms with Crippen LogP contribution in [0, 0.1) is 5.92 Å². The van der Waals surface area contributed by atoms with E-state index in [1.165, 1.54) is 6.92 Å². The first-order chi connectivity index (χ1) is 8.57. The standard InChI is InChI=1S/C10H22N3O5P/c1-6(2)4-8(13-9(14)5-11)10(15)12-7(3)19(16,17)18/h6-8H,4-5,11H2,1-3H3,(H,12,15)(H,13,14)(H2,16,17,18)/t7-,8-/m1/s1. The molecule has 0 saturated heterocycles. The monoisotopic (exact) mass is 295 g/mol. The first kappa shape index (κ1) is 18.0. The fraction of sp³-hybridized carbons (Fsp3) is 0.800. The van der Waals surface area contributed by atoms with E-state index in [2.05, 4.69) is 10.6 Å². The van der Waals surface area contributed by atoms with Crippen LogP contribution in [0.4, 0.5) is 0 Å². The van der Waals surface area contributed by atoms with E-state index in [1.54, 1.807) is 0 Å². The molecule has 0 unspecified atom stereocenters. The quantitative estimate of drug-likeness (QED) is 0.386. The molecule has 0 aliphatic carbocycles. The van der Waals surface area contributed by atoms with Gasteiger partial charge in [-0.1, -0.05) is 13.8 Å². The van der Waals surface area contributed by atoms with Gasteiger partial charge in [0.25, 0.3) is 0 Å². The summed E-state index contributed by atoms with van der Waals surface area (Å²) >= 11 is 0. The van der Waals surface area contributed by atoms with Crippen molar-refractivity contribution >= 4 is 19.4 Å². The van der Waals surface area contributed by atoms with Crippen molar-refractivity contribution in [2.75, 3.05) is 6.54 Å². The molecule has 0 aliphatic rings. The van der Waals surface area contributed by atoms with E-state index in [0.29, 0.717) is 6.42 Å². The summed E-state index contributed by atoms with van der Waals surface area (Å²) in [6.07, 6.45) is 0.353. The smallest absolute Gasteiger partial charge is 0.343 e. The molecule has 0 radical (unpaired) electrons. The molecular formula is C10H22N3O5P. The molecule has 112 valence electrons. The zero-order chi connectivity index (χ0) is 15.2. The van der Waals surface area contributed by atoms with Crippen LogP contribution < -0.4 is 16.4 Å². The van der Waals surface area contributed by atoms with Crippen molar-refractivity contribution < 1.29 is 23.9 Å². The van der Waals surface area contributed by atoms with Crippen molar-refractivity contribution in [2.24, 2.45) is 11.7 Å². The summed E-state index contributed by atoms with van der Waals surface area (Å²) in [6.45, 7) is 4.67. The Kier molecular flexibility index (Phi) is 7.21. The Morgan fingerprint density at radius 3 is 2.11 bits per heavy atom. The van der Waals surface area contributed by atoms with Gasteiger partial charge in [-0.3, -0.25) is 14.2 Å². The van der Waals surface area contributed by atoms with Crippen molar-refractivity contribution in [3.63, 3.8) is 0 Å². The van der Waals surface area contributed by atoms with E-state index in [-0.39, 0.29) is 12.5 Å². The molecule has 2 atom stereocenters. The van der Waals surface area contributed by atoms with E-state index in [1.807, 2.05) is 13.8 Å². The van der Waals surface area contributed by atoms with E-state index < -0.39 is 31.2 Å². The summed E-state index contributed by atoms with van der Waals surface area (Å²) < 4.78 is 11.0. The number of nitrogens with one attached hydrogen (secondary N) is 2. The molecule has 0 spiro atoms. The molecule has 0 aromatic carbocycles. The van der Waals surface area contributed by atoms with Crippen LogP contribution in [0.5, 0.6) is 0 Å². The van der Waals surface area contributed by atoms with Crippen molar-refractivity contribution in [2.45, 2.75) is 39.0 Å². The Labute approximate surface area is 112 Å². The predicted octanol–water partition coefficient (Wildman–Crippen LogP) is -0.884. The third kappa shape index (κ3) is 7.27. The second kappa shape index (κ2) is 7.59. The van der Waals surface area contributed by atoms with Gasteiger partial charge in [0.05, 0.1) is 6.54 Å². The molecule has 6 N–H and O–H groups in total. The highest BCUT2D eigenvalue weighted by Gasteiger charge is 2.29. The van der Waals surface area contributed by atoms with Gasteiger partial charge < -0.3 is 26.2 Å². The van der Waals surface area contributed by atoms with Crippen molar-refractivity contribution in [3.05, 3.63) is 0 Å². The summed E-state index contributed by atoms with van der Waals surface area (Å²) in [7, 11) is -4.40. The summed E-state index contributed by atoms with van der Waals surface area (Å²) in [5.41, 5.74) is 5.15. The number of rotatable bonds is 7. The van der Waals surface area contributed by atoms with Crippen LogP contribution in [0.15, 0.2) is 0 Å². The molecule has 0 bridgehead atoms. The number of carbonyl (C=O) groups excluding carboxylic acids is 2. The van der Waals surface area contributed by atoms with Crippen LogP contribution in [0.3, 0.4) is 0 Å². The van der Waals surface area contributed by atoms with Crippen LogP contribution >= 0.6 is 7.60 Å². The molecule has 0 heterocycles. The Balaban J connectivity index is 4.71. The molecule has 8 nitrogen and oxygen atoms in total. The van der Waals surface area contributed by atoms with Gasteiger partial charge in [-0.15, -0.1) is 0 Å². The van der Waals surface area contributed by atoms with E-state index in [0.717, 1.165) is 0 Å². The maximum Gasteiger partial charge on any atom is 0.347 e. The minimum absolute atomic E-state index is 0.124. The number of nitrogens with two attached hydrogens (primary N) is 1. The van der Waals surface area contributed by atoms with Gasteiger partial charge in [0.15, 0.2) is 0 Å². The van der Waals surface area contributed by atoms with E-state index >= 15 is 0 Å². The van der Waals surface area contributed by atoms with Crippen molar-refractivity contribution in [1.29, 1.82) is 0 Å². The number of hydrogen-bond donors (Lipinski definition) is 5. The van der Waals surface area contributed by atoms with Gasteiger partial charge in [0, 0.05) is 0 Å². The topological polar surface area (TPSA) is 142 Å². The average molecular weight is 295 g/mol. The molecule has 0 saturated carbocycles. The fourth-order valence-electron chi connectivity index (χ4n) is 1.35. The lowest BCUT2D eigenvalue weighted by molar-refractivity contribution is -0.128. The molecule has 0 aromatic rings. The normalized spacial score (nSPS) is 14.9. The molecule has 19 heavy (non-hydrogen) atoms.